The van der Waals surface area contributed by atoms with Crippen molar-refractivity contribution in [2.75, 3.05) is 7.05 Å². The summed E-state index contributed by atoms with van der Waals surface area (Å²) in [7, 11) is 1.51. The molecule has 0 radical (unpaired) electrons. The summed E-state index contributed by atoms with van der Waals surface area (Å²) < 4.78 is -0.468. The molecule has 0 unspecified atom stereocenters. The average Bonchev–Trinajstić information content (AvgIpc) is 1.87. The highest BCUT2D eigenvalue weighted by Crippen LogP contribution is 1.92. The summed E-state index contributed by atoms with van der Waals surface area (Å²) in [6, 6.07) is 0. The van der Waals surface area contributed by atoms with E-state index in [1.807, 2.05) is 22.6 Å². The number of carbonyl (C=O) groups is 2. The van der Waals surface area contributed by atoms with Gasteiger partial charge in [0.2, 0.25) is 6.41 Å². The second-order valence-electron chi connectivity index (χ2n) is 1.26. The molecule has 0 aliphatic carbocycles. The number of carbonyl (C=O) groups excluding carboxylic acids is 2. The van der Waals surface area contributed by atoms with Crippen LogP contribution in [0.4, 0.5) is 0 Å². The van der Waals surface area contributed by atoms with E-state index in [0.29, 0.717) is 6.41 Å². The van der Waals surface area contributed by atoms with Crippen LogP contribution in [0.2, 0.25) is 0 Å². The van der Waals surface area contributed by atoms with E-state index in [0.717, 1.165) is 0 Å². The van der Waals surface area contributed by atoms with E-state index in [2.05, 4.69) is 10.6 Å². The Labute approximate surface area is 66.5 Å². The molecular formula is C4H7IN2O2. The molecule has 2 amide bonds. The largest absolute Gasteiger partial charge is 0.357 e. The minimum Gasteiger partial charge on any atom is -0.357 e. The zero-order valence-corrected chi connectivity index (χ0v) is 7.01. The first-order valence-electron chi connectivity index (χ1n) is 2.27. The molecular weight excluding hydrogens is 235 g/mol. The first kappa shape index (κ1) is 8.67. The fraction of sp³-hybridized carbons (Fsp3) is 0.500. The van der Waals surface area contributed by atoms with Gasteiger partial charge in [0.25, 0.3) is 5.91 Å². The molecule has 0 saturated carbocycles. The second-order valence-corrected chi connectivity index (χ2v) is 2.51. The van der Waals surface area contributed by atoms with Gasteiger partial charge < -0.3 is 10.6 Å². The van der Waals surface area contributed by atoms with Crippen LogP contribution in [-0.4, -0.2) is 23.4 Å². The van der Waals surface area contributed by atoms with Crippen LogP contribution in [0.5, 0.6) is 0 Å². The summed E-state index contributed by atoms with van der Waals surface area (Å²) in [5.41, 5.74) is 0. The van der Waals surface area contributed by atoms with Crippen molar-refractivity contribution in [2.24, 2.45) is 0 Å². The highest BCUT2D eigenvalue weighted by Gasteiger charge is 2.09. The van der Waals surface area contributed by atoms with Gasteiger partial charge in [0.05, 0.1) is 0 Å². The van der Waals surface area contributed by atoms with Crippen LogP contribution >= 0.6 is 22.6 Å². The molecule has 52 valence electrons. The number of likely N-dealkylation sites (N-methyl/N-ethyl adjacent to an activating group) is 1. The smallest absolute Gasteiger partial charge is 0.252 e. The number of hydrogen-bond donors (Lipinski definition) is 2. The molecule has 0 spiro atoms. The molecule has 0 aliphatic heterocycles. The van der Waals surface area contributed by atoms with Crippen LogP contribution in [0.25, 0.3) is 0 Å². The summed E-state index contributed by atoms with van der Waals surface area (Å²) >= 11 is 1.81. The first-order valence-corrected chi connectivity index (χ1v) is 3.52. The Morgan fingerprint density at radius 2 is 2.33 bits per heavy atom. The summed E-state index contributed by atoms with van der Waals surface area (Å²) in [4.78, 5) is 20.3. The zero-order valence-electron chi connectivity index (χ0n) is 4.85. The SMILES string of the molecule is CNC(=O)[C@@H](I)NC=O. The number of rotatable bonds is 3. The van der Waals surface area contributed by atoms with E-state index in [4.69, 9.17) is 0 Å². The van der Waals surface area contributed by atoms with Gasteiger partial charge in [-0.05, 0) is 22.6 Å². The van der Waals surface area contributed by atoms with Crippen LogP contribution in [0.15, 0.2) is 0 Å². The number of hydrogen-bond acceptors (Lipinski definition) is 2. The van der Waals surface area contributed by atoms with Gasteiger partial charge in [-0.3, -0.25) is 9.59 Å². The second kappa shape index (κ2) is 4.54. The Balaban J connectivity index is 3.58. The Morgan fingerprint density at radius 1 is 1.78 bits per heavy atom. The molecule has 0 bridgehead atoms. The first-order chi connectivity index (χ1) is 4.22. The van der Waals surface area contributed by atoms with Gasteiger partial charge in [0.15, 0.2) is 4.05 Å². The maximum atomic E-state index is 10.6. The Bertz CT molecular complexity index is 117. The number of alkyl halides is 1. The lowest BCUT2D eigenvalue weighted by atomic mass is 10.6. The molecule has 0 saturated heterocycles. The highest BCUT2D eigenvalue weighted by molar-refractivity contribution is 14.1. The van der Waals surface area contributed by atoms with Gasteiger partial charge in [-0.15, -0.1) is 0 Å². The van der Waals surface area contributed by atoms with Crippen LogP contribution in [0, 0.1) is 0 Å². The van der Waals surface area contributed by atoms with Crippen molar-refractivity contribution in [3.8, 4) is 0 Å². The molecule has 9 heavy (non-hydrogen) atoms. The van der Waals surface area contributed by atoms with Gasteiger partial charge in [-0.25, -0.2) is 0 Å². The van der Waals surface area contributed by atoms with E-state index in [-0.39, 0.29) is 5.91 Å². The van der Waals surface area contributed by atoms with E-state index >= 15 is 0 Å². The van der Waals surface area contributed by atoms with Crippen LogP contribution in [-0.2, 0) is 9.59 Å². The fourth-order valence-corrected chi connectivity index (χ4v) is 0.720. The minimum atomic E-state index is -0.468. The topological polar surface area (TPSA) is 58.2 Å². The third-order valence-electron chi connectivity index (χ3n) is 0.691. The van der Waals surface area contributed by atoms with Crippen LogP contribution in [0.3, 0.4) is 0 Å². The summed E-state index contributed by atoms with van der Waals surface area (Å²) in [5.74, 6) is -0.206. The van der Waals surface area contributed by atoms with Gasteiger partial charge in [-0.1, -0.05) is 0 Å². The van der Waals surface area contributed by atoms with Gasteiger partial charge in [-0.2, -0.15) is 0 Å². The van der Waals surface area contributed by atoms with E-state index in [9.17, 15) is 9.59 Å². The summed E-state index contributed by atoms with van der Waals surface area (Å²) in [5, 5.41) is 4.67. The fourth-order valence-electron chi connectivity index (χ4n) is 0.262. The maximum Gasteiger partial charge on any atom is 0.252 e. The lowest BCUT2D eigenvalue weighted by Gasteiger charge is -2.04. The predicted octanol–water partition coefficient (Wildman–Crippen LogP) is -0.761. The third-order valence-corrected chi connectivity index (χ3v) is 1.62. The minimum absolute atomic E-state index is 0.206. The number of amides is 2. The molecule has 0 aliphatic rings. The molecule has 0 fully saturated rings. The molecule has 1 atom stereocenters. The van der Waals surface area contributed by atoms with E-state index < -0.39 is 4.05 Å². The van der Waals surface area contributed by atoms with Crippen molar-refractivity contribution in [3.05, 3.63) is 0 Å². The number of halogens is 1. The molecule has 0 aromatic heterocycles. The van der Waals surface area contributed by atoms with Crippen LogP contribution in [0.1, 0.15) is 0 Å². The molecule has 4 nitrogen and oxygen atoms in total. The number of nitrogens with one attached hydrogen (secondary N) is 2. The quantitative estimate of drug-likeness (QED) is 0.296. The third kappa shape index (κ3) is 3.28. The molecule has 5 heteroatoms. The molecule has 2 N–H and O–H groups in total. The van der Waals surface area contributed by atoms with Gasteiger partial charge in [0.1, 0.15) is 0 Å². The standard InChI is InChI=1S/C4H7IN2O2/c1-6-4(9)3(5)7-2-8/h2-3H,1H3,(H,6,9)(H,7,8)/t3-/m0/s1. The lowest BCUT2D eigenvalue weighted by Crippen LogP contribution is -2.37. The van der Waals surface area contributed by atoms with E-state index in [1.165, 1.54) is 7.05 Å². The monoisotopic (exact) mass is 242 g/mol. The van der Waals surface area contributed by atoms with Crippen molar-refractivity contribution in [1.29, 1.82) is 0 Å². The van der Waals surface area contributed by atoms with Crippen molar-refractivity contribution in [3.63, 3.8) is 0 Å². The van der Waals surface area contributed by atoms with Gasteiger partial charge >= 0.3 is 0 Å². The van der Waals surface area contributed by atoms with Crippen LogP contribution < -0.4 is 10.6 Å². The van der Waals surface area contributed by atoms with E-state index in [1.54, 1.807) is 0 Å². The highest BCUT2D eigenvalue weighted by atomic mass is 127. The Hall–Kier alpha value is -0.330. The average molecular weight is 242 g/mol. The van der Waals surface area contributed by atoms with Crippen molar-refractivity contribution in [2.45, 2.75) is 4.05 Å². The molecule has 0 aromatic carbocycles. The van der Waals surface area contributed by atoms with Crippen molar-refractivity contribution in [1.82, 2.24) is 10.6 Å². The van der Waals surface area contributed by atoms with Gasteiger partial charge in [0, 0.05) is 7.05 Å². The molecule has 0 rings (SSSR count). The maximum absolute atomic E-state index is 10.6. The Kier molecular flexibility index (Phi) is 4.37. The Morgan fingerprint density at radius 3 is 2.67 bits per heavy atom. The summed E-state index contributed by atoms with van der Waals surface area (Å²) in [6.45, 7) is 0. The van der Waals surface area contributed by atoms with Crippen molar-refractivity contribution < 1.29 is 9.59 Å². The molecule has 0 aromatic rings. The molecule has 0 heterocycles. The normalized spacial score (nSPS) is 11.8. The summed E-state index contributed by atoms with van der Waals surface area (Å²) in [6.07, 6.45) is 0.492. The van der Waals surface area contributed by atoms with Crippen molar-refractivity contribution >= 4 is 34.9 Å². The zero-order chi connectivity index (χ0) is 7.28. The lowest BCUT2D eigenvalue weighted by molar-refractivity contribution is -0.122. The predicted molar refractivity (Wildman–Crippen MR) is 41.1 cm³/mol.